The molecule has 0 fully saturated rings. The maximum atomic E-state index is 12.9. The number of benzene rings is 2. The van der Waals surface area contributed by atoms with Crippen LogP contribution in [0.25, 0.3) is 0 Å². The van der Waals surface area contributed by atoms with Gasteiger partial charge in [-0.25, -0.2) is 16.8 Å². The van der Waals surface area contributed by atoms with Crippen LogP contribution in [0.3, 0.4) is 0 Å². The normalized spacial score (nSPS) is 12.1. The van der Waals surface area contributed by atoms with Crippen LogP contribution in [0.4, 0.5) is 11.4 Å². The van der Waals surface area contributed by atoms with Crippen molar-refractivity contribution in [3.63, 3.8) is 0 Å². The minimum atomic E-state index is -3.71. The van der Waals surface area contributed by atoms with Gasteiger partial charge in [-0.3, -0.25) is 9.10 Å². The van der Waals surface area contributed by atoms with Crippen molar-refractivity contribution >= 4 is 37.3 Å². The molecular formula is C21H29N3O5S2. The van der Waals surface area contributed by atoms with Crippen LogP contribution in [-0.4, -0.2) is 52.9 Å². The Bertz CT molecular complexity index is 1160. The molecule has 0 bridgehead atoms. The zero-order valence-corrected chi connectivity index (χ0v) is 20.0. The fourth-order valence-electron chi connectivity index (χ4n) is 3.21. The molecule has 10 heteroatoms. The average Bonchev–Trinajstić information content (AvgIpc) is 2.68. The van der Waals surface area contributed by atoms with Gasteiger partial charge in [0.05, 0.1) is 16.8 Å². The van der Waals surface area contributed by atoms with Crippen LogP contribution in [-0.2, 0) is 24.8 Å². The number of aryl methyl sites for hydroxylation is 2. The van der Waals surface area contributed by atoms with Crippen molar-refractivity contribution in [2.24, 2.45) is 0 Å². The van der Waals surface area contributed by atoms with Gasteiger partial charge >= 0.3 is 0 Å². The number of nitrogens with one attached hydrogen (secondary N) is 1. The predicted octanol–water partition coefficient (Wildman–Crippen LogP) is 2.74. The summed E-state index contributed by atoms with van der Waals surface area (Å²) in [5, 5.41) is 2.62. The molecule has 0 radical (unpaired) electrons. The van der Waals surface area contributed by atoms with Crippen LogP contribution >= 0.6 is 0 Å². The Hall–Kier alpha value is -2.43. The quantitative estimate of drug-likeness (QED) is 0.611. The van der Waals surface area contributed by atoms with Crippen molar-refractivity contribution in [2.75, 3.05) is 35.5 Å². The van der Waals surface area contributed by atoms with Crippen molar-refractivity contribution in [1.82, 2.24) is 4.31 Å². The molecule has 0 saturated carbocycles. The van der Waals surface area contributed by atoms with Gasteiger partial charge in [0, 0.05) is 18.8 Å². The van der Waals surface area contributed by atoms with E-state index in [0.717, 1.165) is 10.6 Å². The summed E-state index contributed by atoms with van der Waals surface area (Å²) in [5.41, 5.74) is 1.96. The van der Waals surface area contributed by atoms with Crippen molar-refractivity contribution < 1.29 is 21.6 Å². The first kappa shape index (κ1) is 24.8. The highest BCUT2D eigenvalue weighted by molar-refractivity contribution is 7.92. The fraction of sp³-hybridized carbons (Fsp3) is 0.381. The topological polar surface area (TPSA) is 104 Å². The van der Waals surface area contributed by atoms with Gasteiger partial charge in [0.1, 0.15) is 6.54 Å². The molecule has 0 spiro atoms. The third kappa shape index (κ3) is 5.84. The number of para-hydroxylation sites is 1. The van der Waals surface area contributed by atoms with Crippen LogP contribution in [0, 0.1) is 13.8 Å². The third-order valence-corrected chi connectivity index (χ3v) is 8.19. The maximum absolute atomic E-state index is 12.9. The van der Waals surface area contributed by atoms with Gasteiger partial charge < -0.3 is 5.32 Å². The lowest BCUT2D eigenvalue weighted by atomic mass is 10.2. The lowest BCUT2D eigenvalue weighted by Gasteiger charge is -2.24. The predicted molar refractivity (Wildman–Crippen MR) is 123 cm³/mol. The first-order chi connectivity index (χ1) is 14.4. The van der Waals surface area contributed by atoms with Crippen molar-refractivity contribution in [3.05, 3.63) is 53.6 Å². The molecule has 1 N–H and O–H groups in total. The number of anilines is 2. The highest BCUT2D eigenvalue weighted by Crippen LogP contribution is 2.25. The van der Waals surface area contributed by atoms with E-state index >= 15 is 0 Å². The first-order valence-corrected chi connectivity index (χ1v) is 13.1. The molecule has 0 unspecified atom stereocenters. The standard InChI is InChI=1S/C21H29N3O5S2/c1-6-23(7-2)31(28,29)20-14-18(13-12-17(20)4)22-21(25)15-24(30(5,26)27)19-11-9-8-10-16(19)3/h8-14H,6-7,15H2,1-5H3,(H,22,25). The lowest BCUT2D eigenvalue weighted by Crippen LogP contribution is -2.38. The van der Waals surface area contributed by atoms with Gasteiger partial charge in [-0.15, -0.1) is 0 Å². The molecule has 2 rings (SSSR count). The van der Waals surface area contributed by atoms with Crippen LogP contribution < -0.4 is 9.62 Å². The monoisotopic (exact) mass is 467 g/mol. The Morgan fingerprint density at radius 1 is 0.935 bits per heavy atom. The molecule has 0 aromatic heterocycles. The summed E-state index contributed by atoms with van der Waals surface area (Å²) in [6, 6.07) is 11.5. The van der Waals surface area contributed by atoms with E-state index in [4.69, 9.17) is 0 Å². The summed E-state index contributed by atoms with van der Waals surface area (Å²) in [6.07, 6.45) is 1.04. The second kappa shape index (κ2) is 9.80. The number of carbonyl (C=O) groups is 1. The Kier molecular flexibility index (Phi) is 7.85. The van der Waals surface area contributed by atoms with Gasteiger partial charge in [0.2, 0.25) is 26.0 Å². The number of hydrogen-bond donors (Lipinski definition) is 1. The Labute approximate surface area is 185 Å². The molecule has 0 saturated heterocycles. The molecule has 31 heavy (non-hydrogen) atoms. The molecular weight excluding hydrogens is 438 g/mol. The summed E-state index contributed by atoms with van der Waals surface area (Å²) in [7, 11) is -7.42. The molecule has 2 aromatic rings. The second-order valence-electron chi connectivity index (χ2n) is 7.17. The molecule has 0 heterocycles. The maximum Gasteiger partial charge on any atom is 0.245 e. The fourth-order valence-corrected chi connectivity index (χ4v) is 5.84. The minimum absolute atomic E-state index is 0.105. The Balaban J connectivity index is 2.32. The Morgan fingerprint density at radius 2 is 1.55 bits per heavy atom. The first-order valence-electron chi connectivity index (χ1n) is 9.85. The van der Waals surface area contributed by atoms with Crippen LogP contribution in [0.1, 0.15) is 25.0 Å². The zero-order chi connectivity index (χ0) is 23.4. The number of sulfonamides is 2. The Morgan fingerprint density at radius 3 is 2.10 bits per heavy atom. The van der Waals surface area contributed by atoms with E-state index in [9.17, 15) is 21.6 Å². The highest BCUT2D eigenvalue weighted by Gasteiger charge is 2.25. The van der Waals surface area contributed by atoms with Gasteiger partial charge in [-0.05, 0) is 43.2 Å². The largest absolute Gasteiger partial charge is 0.324 e. The summed E-state index contributed by atoms with van der Waals surface area (Å²) >= 11 is 0. The number of rotatable bonds is 9. The highest BCUT2D eigenvalue weighted by atomic mass is 32.2. The summed E-state index contributed by atoms with van der Waals surface area (Å²) in [5.74, 6) is -0.580. The van der Waals surface area contributed by atoms with Crippen LogP contribution in [0.15, 0.2) is 47.4 Å². The van der Waals surface area contributed by atoms with E-state index in [0.29, 0.717) is 29.9 Å². The molecule has 170 valence electrons. The van der Waals surface area contributed by atoms with E-state index in [-0.39, 0.29) is 10.6 Å². The lowest BCUT2D eigenvalue weighted by molar-refractivity contribution is -0.114. The number of amides is 1. The van der Waals surface area contributed by atoms with Gasteiger partial charge in [0.25, 0.3) is 0 Å². The molecule has 2 aromatic carbocycles. The van der Waals surface area contributed by atoms with E-state index < -0.39 is 32.5 Å². The van der Waals surface area contributed by atoms with E-state index in [1.807, 2.05) is 0 Å². The summed E-state index contributed by atoms with van der Waals surface area (Å²) in [4.78, 5) is 12.8. The van der Waals surface area contributed by atoms with E-state index in [1.54, 1.807) is 64.1 Å². The van der Waals surface area contributed by atoms with E-state index in [1.165, 1.54) is 10.4 Å². The van der Waals surface area contributed by atoms with E-state index in [2.05, 4.69) is 5.32 Å². The zero-order valence-electron chi connectivity index (χ0n) is 18.4. The van der Waals surface area contributed by atoms with Crippen molar-refractivity contribution in [1.29, 1.82) is 0 Å². The van der Waals surface area contributed by atoms with Gasteiger partial charge in [-0.1, -0.05) is 38.1 Å². The number of carbonyl (C=O) groups excluding carboxylic acids is 1. The molecule has 1 amide bonds. The van der Waals surface area contributed by atoms with Crippen molar-refractivity contribution in [3.8, 4) is 0 Å². The molecule has 0 aliphatic rings. The van der Waals surface area contributed by atoms with Gasteiger partial charge in [-0.2, -0.15) is 4.31 Å². The minimum Gasteiger partial charge on any atom is -0.324 e. The summed E-state index contributed by atoms with van der Waals surface area (Å²) in [6.45, 7) is 7.18. The van der Waals surface area contributed by atoms with Crippen LogP contribution in [0.2, 0.25) is 0 Å². The number of nitrogens with zero attached hydrogens (tertiary/aromatic N) is 2. The molecule has 0 aliphatic heterocycles. The number of hydrogen-bond acceptors (Lipinski definition) is 5. The molecule has 0 atom stereocenters. The molecule has 0 aliphatic carbocycles. The SMILES string of the molecule is CCN(CC)S(=O)(=O)c1cc(NC(=O)CN(c2ccccc2C)S(C)(=O)=O)ccc1C. The summed E-state index contributed by atoms with van der Waals surface area (Å²) < 4.78 is 52.8. The smallest absolute Gasteiger partial charge is 0.245 e. The third-order valence-electron chi connectivity index (χ3n) is 4.87. The van der Waals surface area contributed by atoms with Gasteiger partial charge in [0.15, 0.2) is 0 Å². The van der Waals surface area contributed by atoms with Crippen molar-refractivity contribution in [2.45, 2.75) is 32.6 Å². The molecule has 8 nitrogen and oxygen atoms in total. The average molecular weight is 468 g/mol. The second-order valence-corrected chi connectivity index (χ2v) is 11.0. The van der Waals surface area contributed by atoms with Crippen LogP contribution in [0.5, 0.6) is 0 Å².